The molecule has 4 rings (SSSR count). The number of carbonyl (C=O) groups excluding carboxylic acids is 1. The Kier molecular flexibility index (Phi) is 5.84. The SMILES string of the molecule is COc1c(Cl)cc(C(=O)Nc2cc(-c3nc4cc(C)cc(C)c4o3)ccc2Cl)cc1Cl. The molecular weight excluding hydrogens is 459 g/mol. The number of hydrogen-bond donors (Lipinski definition) is 1. The summed E-state index contributed by atoms with van der Waals surface area (Å²) in [5.74, 6) is 0.322. The summed E-state index contributed by atoms with van der Waals surface area (Å²) in [5.41, 5.74) is 4.96. The Hall–Kier alpha value is -2.73. The first-order chi connectivity index (χ1) is 14.8. The van der Waals surface area contributed by atoms with E-state index in [1.807, 2.05) is 26.0 Å². The maximum atomic E-state index is 12.8. The van der Waals surface area contributed by atoms with Crippen molar-refractivity contribution in [2.75, 3.05) is 12.4 Å². The van der Waals surface area contributed by atoms with Crippen molar-refractivity contribution in [3.8, 4) is 17.2 Å². The highest BCUT2D eigenvalue weighted by Gasteiger charge is 2.17. The lowest BCUT2D eigenvalue weighted by atomic mass is 10.1. The summed E-state index contributed by atoms with van der Waals surface area (Å²) in [6.07, 6.45) is 0. The molecule has 0 aliphatic rings. The Morgan fingerprint density at radius 1 is 1.00 bits per heavy atom. The molecule has 158 valence electrons. The van der Waals surface area contributed by atoms with Gasteiger partial charge < -0.3 is 14.5 Å². The van der Waals surface area contributed by atoms with Gasteiger partial charge in [-0.3, -0.25) is 4.79 Å². The van der Waals surface area contributed by atoms with Crippen LogP contribution in [0.25, 0.3) is 22.6 Å². The predicted octanol–water partition coefficient (Wildman–Crippen LogP) is 7.33. The van der Waals surface area contributed by atoms with Crippen LogP contribution in [-0.4, -0.2) is 18.0 Å². The number of hydrogen-bond acceptors (Lipinski definition) is 4. The van der Waals surface area contributed by atoms with Crippen molar-refractivity contribution < 1.29 is 13.9 Å². The van der Waals surface area contributed by atoms with Crippen LogP contribution < -0.4 is 10.1 Å². The first kappa shape index (κ1) is 21.5. The highest BCUT2D eigenvalue weighted by atomic mass is 35.5. The summed E-state index contributed by atoms with van der Waals surface area (Å²) in [6.45, 7) is 3.98. The van der Waals surface area contributed by atoms with Crippen molar-refractivity contribution in [3.63, 3.8) is 0 Å². The Morgan fingerprint density at radius 3 is 2.39 bits per heavy atom. The fraction of sp³-hybridized carbons (Fsp3) is 0.130. The highest BCUT2D eigenvalue weighted by molar-refractivity contribution is 6.38. The minimum absolute atomic E-state index is 0.233. The molecule has 0 atom stereocenters. The van der Waals surface area contributed by atoms with Gasteiger partial charge in [-0.1, -0.05) is 40.9 Å². The molecular formula is C23H17Cl3N2O3. The average Bonchev–Trinajstić information content (AvgIpc) is 3.13. The molecule has 0 radical (unpaired) electrons. The van der Waals surface area contributed by atoms with Gasteiger partial charge in [-0.05, 0) is 61.4 Å². The zero-order chi connectivity index (χ0) is 22.3. The first-order valence-electron chi connectivity index (χ1n) is 9.29. The van der Waals surface area contributed by atoms with Crippen LogP contribution in [0.4, 0.5) is 5.69 Å². The molecule has 31 heavy (non-hydrogen) atoms. The third kappa shape index (κ3) is 4.22. The van der Waals surface area contributed by atoms with E-state index in [0.29, 0.717) is 27.9 Å². The monoisotopic (exact) mass is 474 g/mol. The summed E-state index contributed by atoms with van der Waals surface area (Å²) in [6, 6.07) is 12.1. The maximum absolute atomic E-state index is 12.8. The smallest absolute Gasteiger partial charge is 0.255 e. The number of halogens is 3. The number of fused-ring (bicyclic) bond motifs is 1. The number of amides is 1. The van der Waals surface area contributed by atoms with Gasteiger partial charge in [-0.25, -0.2) is 4.98 Å². The van der Waals surface area contributed by atoms with Gasteiger partial charge in [0.1, 0.15) is 5.52 Å². The molecule has 0 saturated carbocycles. The van der Waals surface area contributed by atoms with Gasteiger partial charge in [0.05, 0.1) is 27.9 Å². The Bertz CT molecular complexity index is 1310. The van der Waals surface area contributed by atoms with Crippen LogP contribution >= 0.6 is 34.8 Å². The minimum Gasteiger partial charge on any atom is -0.494 e. The van der Waals surface area contributed by atoms with Crippen LogP contribution in [0.1, 0.15) is 21.5 Å². The van der Waals surface area contributed by atoms with Gasteiger partial charge in [0.2, 0.25) is 5.89 Å². The topological polar surface area (TPSA) is 64.4 Å². The van der Waals surface area contributed by atoms with Crippen LogP contribution in [0.2, 0.25) is 15.1 Å². The summed E-state index contributed by atoms with van der Waals surface area (Å²) >= 11 is 18.6. The molecule has 1 heterocycles. The molecule has 8 heteroatoms. The molecule has 0 unspecified atom stereocenters. The molecule has 0 spiro atoms. The summed E-state index contributed by atoms with van der Waals surface area (Å²) in [4.78, 5) is 17.4. The number of rotatable bonds is 4. The van der Waals surface area contributed by atoms with Gasteiger partial charge >= 0.3 is 0 Å². The summed E-state index contributed by atoms with van der Waals surface area (Å²) in [7, 11) is 1.45. The molecule has 5 nitrogen and oxygen atoms in total. The number of carbonyl (C=O) groups is 1. The second-order valence-electron chi connectivity index (χ2n) is 7.07. The van der Waals surface area contributed by atoms with E-state index in [1.165, 1.54) is 19.2 Å². The molecule has 0 saturated heterocycles. The molecule has 0 fully saturated rings. The van der Waals surface area contributed by atoms with E-state index < -0.39 is 5.91 Å². The minimum atomic E-state index is -0.422. The van der Waals surface area contributed by atoms with Crippen LogP contribution in [0.3, 0.4) is 0 Å². The zero-order valence-electron chi connectivity index (χ0n) is 16.8. The van der Waals surface area contributed by atoms with Gasteiger partial charge in [0, 0.05) is 11.1 Å². The summed E-state index contributed by atoms with van der Waals surface area (Å²) < 4.78 is 11.1. The number of oxazole rings is 1. The molecule has 1 amide bonds. The second kappa shape index (κ2) is 8.42. The van der Waals surface area contributed by atoms with Crippen molar-refractivity contribution >= 4 is 57.5 Å². The highest BCUT2D eigenvalue weighted by Crippen LogP contribution is 2.35. The van der Waals surface area contributed by atoms with E-state index in [1.54, 1.807) is 18.2 Å². The lowest BCUT2D eigenvalue weighted by Gasteiger charge is -2.11. The van der Waals surface area contributed by atoms with Crippen LogP contribution in [0.5, 0.6) is 5.75 Å². The van der Waals surface area contributed by atoms with Crippen molar-refractivity contribution in [3.05, 3.63) is 74.2 Å². The molecule has 0 aliphatic carbocycles. The number of benzene rings is 3. The van der Waals surface area contributed by atoms with Gasteiger partial charge in [0.25, 0.3) is 5.91 Å². The van der Waals surface area contributed by atoms with E-state index in [9.17, 15) is 4.79 Å². The summed E-state index contributed by atoms with van der Waals surface area (Å²) in [5, 5.41) is 3.62. The molecule has 0 aliphatic heterocycles. The molecule has 1 N–H and O–H groups in total. The van der Waals surface area contributed by atoms with E-state index in [0.717, 1.165) is 22.2 Å². The number of aryl methyl sites for hydroxylation is 2. The fourth-order valence-electron chi connectivity index (χ4n) is 3.33. The third-order valence-electron chi connectivity index (χ3n) is 4.75. The standard InChI is InChI=1S/C23H17Cl3N2O3/c1-11-6-12(2)20-19(7-11)28-23(31-20)13-4-5-15(24)18(10-13)27-22(29)14-8-16(25)21(30-3)17(26)9-14/h4-10H,1-3H3,(H,27,29). The molecule has 4 aromatic rings. The first-order valence-corrected chi connectivity index (χ1v) is 10.4. The van der Waals surface area contributed by atoms with Crippen LogP contribution in [0.15, 0.2) is 46.9 Å². The zero-order valence-corrected chi connectivity index (χ0v) is 19.1. The molecule has 1 aromatic heterocycles. The van der Waals surface area contributed by atoms with Gasteiger partial charge in [-0.2, -0.15) is 0 Å². The van der Waals surface area contributed by atoms with E-state index in [-0.39, 0.29) is 15.6 Å². The van der Waals surface area contributed by atoms with Crippen LogP contribution in [-0.2, 0) is 0 Å². The van der Waals surface area contributed by atoms with E-state index >= 15 is 0 Å². The maximum Gasteiger partial charge on any atom is 0.255 e. The van der Waals surface area contributed by atoms with Gasteiger partial charge in [-0.15, -0.1) is 0 Å². The van der Waals surface area contributed by atoms with Crippen molar-refractivity contribution in [2.24, 2.45) is 0 Å². The van der Waals surface area contributed by atoms with E-state index in [2.05, 4.69) is 10.3 Å². The van der Waals surface area contributed by atoms with Crippen LogP contribution in [0, 0.1) is 13.8 Å². The van der Waals surface area contributed by atoms with Crippen molar-refractivity contribution in [2.45, 2.75) is 13.8 Å². The Labute approximate surface area is 193 Å². The van der Waals surface area contributed by atoms with Crippen molar-refractivity contribution in [1.82, 2.24) is 4.98 Å². The lowest BCUT2D eigenvalue weighted by Crippen LogP contribution is -2.12. The van der Waals surface area contributed by atoms with E-state index in [4.69, 9.17) is 44.0 Å². The number of anilines is 1. The Morgan fingerprint density at radius 2 is 1.71 bits per heavy atom. The Balaban J connectivity index is 1.67. The fourth-order valence-corrected chi connectivity index (χ4v) is 4.14. The quantitative estimate of drug-likeness (QED) is 0.335. The van der Waals surface area contributed by atoms with Crippen molar-refractivity contribution in [1.29, 1.82) is 0 Å². The lowest BCUT2D eigenvalue weighted by molar-refractivity contribution is 0.102. The number of ether oxygens (including phenoxy) is 1. The molecule has 3 aromatic carbocycles. The third-order valence-corrected chi connectivity index (χ3v) is 5.64. The van der Waals surface area contributed by atoms with Gasteiger partial charge in [0.15, 0.2) is 11.3 Å². The second-order valence-corrected chi connectivity index (χ2v) is 8.29. The number of nitrogens with zero attached hydrogens (tertiary/aromatic N) is 1. The number of methoxy groups -OCH3 is 1. The predicted molar refractivity (Wildman–Crippen MR) is 125 cm³/mol. The largest absolute Gasteiger partial charge is 0.494 e. The number of nitrogens with one attached hydrogen (secondary N) is 1. The average molecular weight is 476 g/mol. The number of aromatic nitrogens is 1. The molecule has 0 bridgehead atoms. The normalized spacial score (nSPS) is 11.0.